The Balaban J connectivity index is 1.94. The third-order valence-electron chi connectivity index (χ3n) is 3.60. The maximum Gasteiger partial charge on any atom is 0.0807 e. The minimum Gasteiger partial charge on any atom is -0.396 e. The molecule has 1 aromatic heterocycles. The summed E-state index contributed by atoms with van der Waals surface area (Å²) in [5.74, 6) is 0. The number of aryl methyl sites for hydroxylation is 2. The van der Waals surface area contributed by atoms with Crippen LogP contribution in [0.15, 0.2) is 12.4 Å². The van der Waals surface area contributed by atoms with Gasteiger partial charge in [0.05, 0.1) is 6.10 Å². The van der Waals surface area contributed by atoms with Crippen LogP contribution in [0.1, 0.15) is 55.8 Å². The number of unbranched alkanes of at least 4 members (excludes halogenated alkanes) is 2. The van der Waals surface area contributed by atoms with Gasteiger partial charge in [-0.3, -0.25) is 0 Å². The van der Waals surface area contributed by atoms with Crippen molar-refractivity contribution in [2.75, 3.05) is 6.61 Å². The SMILES string of the molecule is OCCCCCn1cc2c(c1)C(O)CCCC2. The lowest BCUT2D eigenvalue weighted by molar-refractivity contribution is 0.166. The van der Waals surface area contributed by atoms with Crippen LogP contribution in [-0.4, -0.2) is 21.4 Å². The zero-order valence-electron chi connectivity index (χ0n) is 10.4. The molecule has 0 aliphatic heterocycles. The van der Waals surface area contributed by atoms with Crippen LogP contribution < -0.4 is 0 Å². The van der Waals surface area contributed by atoms with Crippen LogP contribution in [-0.2, 0) is 13.0 Å². The molecule has 0 radical (unpaired) electrons. The maximum atomic E-state index is 10.0. The lowest BCUT2D eigenvalue weighted by Crippen LogP contribution is -1.97. The first-order valence-corrected chi connectivity index (χ1v) is 6.78. The Kier molecular flexibility index (Phi) is 4.63. The Hall–Kier alpha value is -0.800. The van der Waals surface area contributed by atoms with Crippen molar-refractivity contribution in [2.45, 2.75) is 57.6 Å². The van der Waals surface area contributed by atoms with Crippen LogP contribution in [0.2, 0.25) is 0 Å². The quantitative estimate of drug-likeness (QED) is 0.610. The van der Waals surface area contributed by atoms with Gasteiger partial charge < -0.3 is 14.8 Å². The lowest BCUT2D eigenvalue weighted by Gasteiger charge is -2.06. The van der Waals surface area contributed by atoms with E-state index in [0.717, 1.165) is 50.6 Å². The fourth-order valence-electron chi connectivity index (χ4n) is 2.60. The average molecular weight is 237 g/mol. The maximum absolute atomic E-state index is 10.0. The summed E-state index contributed by atoms with van der Waals surface area (Å²) in [7, 11) is 0. The number of nitrogens with zero attached hydrogens (tertiary/aromatic N) is 1. The van der Waals surface area contributed by atoms with Gasteiger partial charge in [-0.15, -0.1) is 0 Å². The molecule has 96 valence electrons. The normalized spacial score (nSPS) is 20.0. The van der Waals surface area contributed by atoms with Crippen molar-refractivity contribution in [3.63, 3.8) is 0 Å². The van der Waals surface area contributed by atoms with Crippen LogP contribution in [0, 0.1) is 0 Å². The largest absolute Gasteiger partial charge is 0.396 e. The summed E-state index contributed by atoms with van der Waals surface area (Å²) in [6.45, 7) is 1.29. The Morgan fingerprint density at radius 1 is 1.18 bits per heavy atom. The number of hydrogen-bond acceptors (Lipinski definition) is 2. The number of rotatable bonds is 5. The Morgan fingerprint density at radius 3 is 2.88 bits per heavy atom. The zero-order valence-corrected chi connectivity index (χ0v) is 10.4. The molecule has 0 saturated heterocycles. The molecular formula is C14H23NO2. The van der Waals surface area contributed by atoms with E-state index >= 15 is 0 Å². The van der Waals surface area contributed by atoms with Gasteiger partial charge in [0.25, 0.3) is 0 Å². The average Bonchev–Trinajstić information content (AvgIpc) is 2.66. The van der Waals surface area contributed by atoms with Crippen molar-refractivity contribution < 1.29 is 10.2 Å². The van der Waals surface area contributed by atoms with Crippen molar-refractivity contribution in [3.8, 4) is 0 Å². The van der Waals surface area contributed by atoms with Crippen LogP contribution in [0.3, 0.4) is 0 Å². The highest BCUT2D eigenvalue weighted by Gasteiger charge is 2.17. The smallest absolute Gasteiger partial charge is 0.0807 e. The molecule has 3 heteroatoms. The van der Waals surface area contributed by atoms with Gasteiger partial charge in [-0.25, -0.2) is 0 Å². The molecule has 1 heterocycles. The molecule has 1 aromatic rings. The van der Waals surface area contributed by atoms with E-state index in [1.165, 1.54) is 12.0 Å². The second-order valence-electron chi connectivity index (χ2n) is 5.02. The highest BCUT2D eigenvalue weighted by Crippen LogP contribution is 2.29. The molecule has 1 unspecified atom stereocenters. The molecular weight excluding hydrogens is 214 g/mol. The molecule has 2 N–H and O–H groups in total. The predicted octanol–water partition coefficient (Wildman–Crippen LogP) is 2.41. The minimum absolute atomic E-state index is 0.258. The summed E-state index contributed by atoms with van der Waals surface area (Å²) in [4.78, 5) is 0. The van der Waals surface area contributed by atoms with Crippen LogP contribution in [0.25, 0.3) is 0 Å². The lowest BCUT2D eigenvalue weighted by atomic mass is 10.1. The van der Waals surface area contributed by atoms with E-state index in [0.29, 0.717) is 6.61 Å². The van der Waals surface area contributed by atoms with E-state index in [1.807, 2.05) is 0 Å². The van der Waals surface area contributed by atoms with Crippen molar-refractivity contribution in [1.29, 1.82) is 0 Å². The molecule has 0 bridgehead atoms. The van der Waals surface area contributed by atoms with Crippen LogP contribution in [0.5, 0.6) is 0 Å². The first kappa shape index (κ1) is 12.7. The summed E-state index contributed by atoms with van der Waals surface area (Å²) in [6.07, 6.45) is 11.5. The Labute approximate surface area is 103 Å². The van der Waals surface area contributed by atoms with E-state index in [4.69, 9.17) is 5.11 Å². The van der Waals surface area contributed by atoms with Crippen molar-refractivity contribution in [1.82, 2.24) is 4.57 Å². The molecule has 0 spiro atoms. The van der Waals surface area contributed by atoms with Crippen molar-refractivity contribution in [2.24, 2.45) is 0 Å². The van der Waals surface area contributed by atoms with E-state index in [1.54, 1.807) is 0 Å². The number of fused-ring (bicyclic) bond motifs is 1. The van der Waals surface area contributed by atoms with Gasteiger partial charge in [-0.05, 0) is 44.1 Å². The zero-order chi connectivity index (χ0) is 12.1. The molecule has 1 aliphatic rings. The molecule has 0 saturated carbocycles. The molecule has 2 rings (SSSR count). The van der Waals surface area contributed by atoms with Crippen molar-refractivity contribution in [3.05, 3.63) is 23.5 Å². The van der Waals surface area contributed by atoms with Gasteiger partial charge in [0.2, 0.25) is 0 Å². The molecule has 0 aromatic carbocycles. The Morgan fingerprint density at radius 2 is 2.06 bits per heavy atom. The van der Waals surface area contributed by atoms with E-state index < -0.39 is 0 Å². The molecule has 1 aliphatic carbocycles. The molecule has 0 fully saturated rings. The monoisotopic (exact) mass is 237 g/mol. The summed E-state index contributed by atoms with van der Waals surface area (Å²) in [5, 5.41) is 18.7. The molecule has 3 nitrogen and oxygen atoms in total. The summed E-state index contributed by atoms with van der Waals surface area (Å²) in [6, 6.07) is 0. The number of aliphatic hydroxyl groups excluding tert-OH is 2. The van der Waals surface area contributed by atoms with E-state index in [2.05, 4.69) is 17.0 Å². The minimum atomic E-state index is -0.258. The first-order valence-electron chi connectivity index (χ1n) is 6.78. The summed E-state index contributed by atoms with van der Waals surface area (Å²) < 4.78 is 2.20. The van der Waals surface area contributed by atoms with Gasteiger partial charge in [-0.2, -0.15) is 0 Å². The highest BCUT2D eigenvalue weighted by atomic mass is 16.3. The fraction of sp³-hybridized carbons (Fsp3) is 0.714. The summed E-state index contributed by atoms with van der Waals surface area (Å²) >= 11 is 0. The predicted molar refractivity (Wildman–Crippen MR) is 67.9 cm³/mol. The fourth-order valence-corrected chi connectivity index (χ4v) is 2.60. The molecule has 17 heavy (non-hydrogen) atoms. The third kappa shape index (κ3) is 3.33. The third-order valence-corrected chi connectivity index (χ3v) is 3.60. The van der Waals surface area contributed by atoms with Gasteiger partial charge in [-0.1, -0.05) is 6.42 Å². The second-order valence-corrected chi connectivity index (χ2v) is 5.02. The topological polar surface area (TPSA) is 45.4 Å². The van der Waals surface area contributed by atoms with Gasteiger partial charge >= 0.3 is 0 Å². The summed E-state index contributed by atoms with van der Waals surface area (Å²) in [5.41, 5.74) is 2.47. The van der Waals surface area contributed by atoms with Crippen LogP contribution >= 0.6 is 0 Å². The molecule has 0 amide bonds. The van der Waals surface area contributed by atoms with E-state index in [-0.39, 0.29) is 6.10 Å². The highest BCUT2D eigenvalue weighted by molar-refractivity contribution is 5.27. The number of hydrogen-bond donors (Lipinski definition) is 2. The molecule has 1 atom stereocenters. The van der Waals surface area contributed by atoms with Gasteiger partial charge in [0.15, 0.2) is 0 Å². The second kappa shape index (κ2) is 6.22. The number of aromatic nitrogens is 1. The standard InChI is InChI=1S/C14H23NO2/c16-9-5-1-4-8-15-10-12-6-2-3-7-14(17)13(12)11-15/h10-11,14,16-17H,1-9H2. The number of aliphatic hydroxyl groups is 2. The first-order chi connectivity index (χ1) is 8.31. The Bertz CT molecular complexity index is 346. The van der Waals surface area contributed by atoms with Crippen LogP contribution in [0.4, 0.5) is 0 Å². The van der Waals surface area contributed by atoms with E-state index in [9.17, 15) is 5.11 Å². The van der Waals surface area contributed by atoms with Gasteiger partial charge in [0.1, 0.15) is 0 Å². The van der Waals surface area contributed by atoms with Gasteiger partial charge in [0, 0.05) is 31.1 Å². The van der Waals surface area contributed by atoms with Crippen molar-refractivity contribution >= 4 is 0 Å².